The summed E-state index contributed by atoms with van der Waals surface area (Å²) in [5, 5.41) is -2.02. The van der Waals surface area contributed by atoms with Crippen LogP contribution in [0.3, 0.4) is 0 Å². The molecule has 0 aromatic carbocycles. The molecule has 1 aliphatic heterocycles. The predicted octanol–water partition coefficient (Wildman–Crippen LogP) is -0.258. The molecule has 8 nitrogen and oxygen atoms in total. The van der Waals surface area contributed by atoms with Crippen molar-refractivity contribution in [2.45, 2.75) is 12.6 Å². The summed E-state index contributed by atoms with van der Waals surface area (Å²) in [4.78, 5) is 0. The Balaban J connectivity index is 3.09. The summed E-state index contributed by atoms with van der Waals surface area (Å²) < 4.78 is 106. The van der Waals surface area contributed by atoms with Crippen LogP contribution in [0.5, 0.6) is 0 Å². The van der Waals surface area contributed by atoms with Crippen LogP contribution < -0.4 is 0 Å². The number of hydrogen-bond acceptors (Lipinski definition) is 8. The molecule has 18 heavy (non-hydrogen) atoms. The van der Waals surface area contributed by atoms with Crippen molar-refractivity contribution >= 4 is 20.2 Å². The summed E-state index contributed by atoms with van der Waals surface area (Å²) in [7, 11) is -10.4. The van der Waals surface area contributed by atoms with Crippen LogP contribution >= 0.6 is 0 Å². The Morgan fingerprint density at radius 2 is 1.44 bits per heavy atom. The topological polar surface area (TPSA) is 105 Å². The van der Waals surface area contributed by atoms with Gasteiger partial charge in [0, 0.05) is 0 Å². The van der Waals surface area contributed by atoms with E-state index in [0.29, 0.717) is 0 Å². The van der Waals surface area contributed by atoms with Crippen LogP contribution in [0, 0.1) is 0 Å². The Bertz CT molecular complexity index is 509. The molecule has 0 aromatic heterocycles. The van der Waals surface area contributed by atoms with Crippen LogP contribution in [0.4, 0.5) is 17.6 Å². The maximum Gasteiger partial charge on any atom is 0.506 e. The summed E-state index contributed by atoms with van der Waals surface area (Å²) in [5.74, 6) is 0. The lowest BCUT2D eigenvalue weighted by Crippen LogP contribution is -2.41. The zero-order valence-electron chi connectivity index (χ0n) is 8.01. The fourth-order valence-corrected chi connectivity index (χ4v) is 3.14. The fraction of sp³-hybridized carbons (Fsp3) is 1.00. The van der Waals surface area contributed by atoms with Gasteiger partial charge in [0.1, 0.15) is 0 Å². The third-order valence-corrected chi connectivity index (χ3v) is 4.42. The number of rotatable bonds is 0. The molecule has 0 unspecified atom stereocenters. The first-order valence-corrected chi connectivity index (χ1v) is 6.88. The zero-order valence-corrected chi connectivity index (χ0v) is 9.64. The van der Waals surface area contributed by atoms with Crippen molar-refractivity contribution in [3.63, 3.8) is 0 Å². The summed E-state index contributed by atoms with van der Waals surface area (Å²) in [5.41, 5.74) is 0. The standard InChI is InChI=1S/C4H4F4O8S2/c5-3(6)13-1-14-17(9,10)2-18(11,12)16-4(7,8)15-3/h1-2H2. The molecular weight excluding hydrogens is 316 g/mol. The molecule has 0 saturated carbocycles. The molecule has 1 heterocycles. The van der Waals surface area contributed by atoms with Crippen LogP contribution in [0.1, 0.15) is 0 Å². The van der Waals surface area contributed by atoms with Gasteiger partial charge in [-0.1, -0.05) is 0 Å². The van der Waals surface area contributed by atoms with E-state index in [-0.39, 0.29) is 0 Å². The molecule has 108 valence electrons. The van der Waals surface area contributed by atoms with E-state index in [1.807, 2.05) is 0 Å². The molecule has 1 fully saturated rings. The van der Waals surface area contributed by atoms with E-state index in [1.165, 1.54) is 0 Å². The van der Waals surface area contributed by atoms with Gasteiger partial charge >= 0.3 is 12.6 Å². The summed E-state index contributed by atoms with van der Waals surface area (Å²) >= 11 is 0. The van der Waals surface area contributed by atoms with Gasteiger partial charge in [-0.25, -0.2) is 8.92 Å². The first-order chi connectivity index (χ1) is 7.83. The van der Waals surface area contributed by atoms with Crippen LogP contribution in [-0.4, -0.2) is 41.3 Å². The van der Waals surface area contributed by atoms with Gasteiger partial charge in [0.15, 0.2) is 6.79 Å². The van der Waals surface area contributed by atoms with Crippen molar-refractivity contribution in [3.8, 4) is 0 Å². The second-order valence-electron chi connectivity index (χ2n) is 2.73. The molecule has 1 saturated heterocycles. The minimum absolute atomic E-state index is 1.72. The smallest absolute Gasteiger partial charge is 0.267 e. The number of ether oxygens (including phenoxy) is 2. The van der Waals surface area contributed by atoms with Crippen molar-refractivity contribution in [1.29, 1.82) is 0 Å². The molecule has 0 N–H and O–H groups in total. The summed E-state index contributed by atoms with van der Waals surface area (Å²) in [6, 6.07) is 0. The predicted molar refractivity (Wildman–Crippen MR) is 41.8 cm³/mol. The van der Waals surface area contributed by atoms with E-state index in [4.69, 9.17) is 0 Å². The van der Waals surface area contributed by atoms with Crippen molar-refractivity contribution < 1.29 is 52.2 Å². The molecule has 0 spiro atoms. The Hall–Kier alpha value is -0.540. The first kappa shape index (κ1) is 15.5. The molecule has 1 rings (SSSR count). The highest BCUT2D eigenvalue weighted by Gasteiger charge is 2.52. The highest BCUT2D eigenvalue weighted by atomic mass is 32.3. The second-order valence-corrected chi connectivity index (χ2v) is 6.30. The van der Waals surface area contributed by atoms with Crippen molar-refractivity contribution in [2.75, 3.05) is 11.9 Å². The Kier molecular flexibility index (Phi) is 3.91. The minimum atomic E-state index is -5.42. The van der Waals surface area contributed by atoms with E-state index < -0.39 is 44.7 Å². The van der Waals surface area contributed by atoms with Gasteiger partial charge in [-0.3, -0.25) is 4.74 Å². The molecule has 0 bridgehead atoms. The number of alkyl halides is 4. The Labute approximate surface area is 97.6 Å². The highest BCUT2D eigenvalue weighted by molar-refractivity contribution is 8.03. The van der Waals surface area contributed by atoms with E-state index in [9.17, 15) is 34.4 Å². The van der Waals surface area contributed by atoms with Gasteiger partial charge in [0.2, 0.25) is 5.08 Å². The van der Waals surface area contributed by atoms with Crippen LogP contribution in [0.25, 0.3) is 0 Å². The van der Waals surface area contributed by atoms with E-state index >= 15 is 0 Å². The number of hydrogen-bond donors (Lipinski definition) is 0. The fourth-order valence-electron chi connectivity index (χ4n) is 0.733. The molecule has 14 heteroatoms. The third kappa shape index (κ3) is 4.99. The van der Waals surface area contributed by atoms with Gasteiger partial charge in [0.25, 0.3) is 20.2 Å². The molecule has 0 aromatic rings. The van der Waals surface area contributed by atoms with Crippen LogP contribution in [0.15, 0.2) is 0 Å². The highest BCUT2D eigenvalue weighted by Crippen LogP contribution is 2.31. The number of halogens is 4. The largest absolute Gasteiger partial charge is 0.506 e. The molecule has 0 aliphatic carbocycles. The van der Waals surface area contributed by atoms with Crippen LogP contribution in [0.2, 0.25) is 0 Å². The summed E-state index contributed by atoms with van der Waals surface area (Å²) in [6.45, 7) is -1.72. The van der Waals surface area contributed by atoms with E-state index in [2.05, 4.69) is 17.8 Å². The van der Waals surface area contributed by atoms with Crippen molar-refractivity contribution in [1.82, 2.24) is 0 Å². The lowest BCUT2D eigenvalue weighted by Gasteiger charge is -2.23. The maximum atomic E-state index is 12.6. The van der Waals surface area contributed by atoms with E-state index in [1.54, 1.807) is 0 Å². The normalized spacial score (nSPS) is 30.4. The molecule has 0 amide bonds. The lowest BCUT2D eigenvalue weighted by molar-refractivity contribution is -0.512. The zero-order chi connectivity index (χ0) is 14.2. The molecule has 0 atom stereocenters. The average Bonchev–Trinajstić information content (AvgIpc) is 1.91. The average molecular weight is 320 g/mol. The van der Waals surface area contributed by atoms with E-state index in [0.717, 1.165) is 0 Å². The molecule has 0 radical (unpaired) electrons. The summed E-state index contributed by atoms with van der Waals surface area (Å²) in [6.07, 6.45) is -10.3. The van der Waals surface area contributed by atoms with Crippen molar-refractivity contribution in [2.24, 2.45) is 0 Å². The van der Waals surface area contributed by atoms with Crippen molar-refractivity contribution in [3.05, 3.63) is 0 Å². The van der Waals surface area contributed by atoms with Gasteiger partial charge in [0.05, 0.1) is 0 Å². The molecule has 1 aliphatic rings. The first-order valence-electron chi connectivity index (χ1n) is 3.73. The Morgan fingerprint density at radius 3 is 2.00 bits per heavy atom. The second kappa shape index (κ2) is 4.53. The molecular formula is C4H4F4O8S2. The van der Waals surface area contributed by atoms with Gasteiger partial charge in [-0.05, 0) is 0 Å². The minimum Gasteiger partial charge on any atom is -0.267 e. The van der Waals surface area contributed by atoms with Gasteiger partial charge < -0.3 is 0 Å². The Morgan fingerprint density at radius 1 is 0.889 bits per heavy atom. The van der Waals surface area contributed by atoms with Gasteiger partial charge in [-0.2, -0.15) is 21.0 Å². The quantitative estimate of drug-likeness (QED) is 0.444. The third-order valence-electron chi connectivity index (χ3n) is 1.20. The van der Waals surface area contributed by atoms with Crippen LogP contribution in [-0.2, 0) is 38.1 Å². The van der Waals surface area contributed by atoms with Gasteiger partial charge in [-0.15, -0.1) is 17.6 Å². The lowest BCUT2D eigenvalue weighted by atomic mass is 11.1. The SMILES string of the molecule is O=S1(=O)CS(=O)(=O)OC(F)(F)OC(F)(F)OCO1. The maximum absolute atomic E-state index is 12.6. The monoisotopic (exact) mass is 320 g/mol.